The van der Waals surface area contributed by atoms with E-state index in [4.69, 9.17) is 4.74 Å². The summed E-state index contributed by atoms with van der Waals surface area (Å²) in [6.45, 7) is 4.00. The molecular formula is C18H19FN2O3S. The molecule has 2 aromatic heterocycles. The van der Waals surface area contributed by atoms with Gasteiger partial charge in [-0.3, -0.25) is 9.36 Å². The zero-order valence-electron chi connectivity index (χ0n) is 14.0. The minimum absolute atomic E-state index is 0.000455. The molecule has 0 fully saturated rings. The van der Waals surface area contributed by atoms with Crippen LogP contribution in [0.25, 0.3) is 10.2 Å². The number of aliphatic hydroxyl groups excluding tert-OH is 1. The molecule has 1 aromatic carbocycles. The fraction of sp³-hybridized carbons (Fsp3) is 0.333. The molecule has 3 aromatic rings. The van der Waals surface area contributed by atoms with Gasteiger partial charge in [0.05, 0.1) is 37.6 Å². The number of hydrogen-bond acceptors (Lipinski definition) is 5. The smallest absolute Gasteiger partial charge is 0.262 e. The van der Waals surface area contributed by atoms with Crippen molar-refractivity contribution in [3.05, 3.63) is 62.8 Å². The number of halogens is 1. The van der Waals surface area contributed by atoms with Gasteiger partial charge in [0.25, 0.3) is 5.56 Å². The van der Waals surface area contributed by atoms with E-state index in [0.717, 1.165) is 10.4 Å². The SMILES string of the molecule is Cc1sc2ncn(CC(O)COCc3ccccc3F)c(=O)c2c1C. The number of ether oxygens (including phenoxy) is 1. The lowest BCUT2D eigenvalue weighted by Crippen LogP contribution is -2.29. The number of nitrogens with zero attached hydrogens (tertiary/aromatic N) is 2. The Labute approximate surface area is 148 Å². The zero-order valence-corrected chi connectivity index (χ0v) is 14.8. The lowest BCUT2D eigenvalue weighted by Gasteiger charge is -2.13. The monoisotopic (exact) mass is 362 g/mol. The van der Waals surface area contributed by atoms with Gasteiger partial charge in [0.2, 0.25) is 0 Å². The van der Waals surface area contributed by atoms with Crippen molar-refractivity contribution >= 4 is 21.6 Å². The van der Waals surface area contributed by atoms with Gasteiger partial charge >= 0.3 is 0 Å². The number of hydrogen-bond donors (Lipinski definition) is 1. The van der Waals surface area contributed by atoms with Crippen molar-refractivity contribution in [1.82, 2.24) is 9.55 Å². The van der Waals surface area contributed by atoms with Crippen LogP contribution in [0.15, 0.2) is 35.4 Å². The van der Waals surface area contributed by atoms with Gasteiger partial charge in [0.1, 0.15) is 10.6 Å². The Morgan fingerprint density at radius 2 is 2.12 bits per heavy atom. The first kappa shape index (κ1) is 17.7. The summed E-state index contributed by atoms with van der Waals surface area (Å²) in [7, 11) is 0. The average molecular weight is 362 g/mol. The van der Waals surface area contributed by atoms with Gasteiger partial charge in [-0.1, -0.05) is 18.2 Å². The molecule has 0 aliphatic rings. The van der Waals surface area contributed by atoms with E-state index >= 15 is 0 Å². The third kappa shape index (κ3) is 3.78. The molecule has 0 aliphatic carbocycles. The molecule has 1 atom stereocenters. The number of aliphatic hydroxyl groups is 1. The molecule has 3 rings (SSSR count). The first-order chi connectivity index (χ1) is 12.0. The highest BCUT2D eigenvalue weighted by Crippen LogP contribution is 2.25. The standard InChI is InChI=1S/C18H19FN2O3S/c1-11-12(2)25-17-16(11)18(23)21(10-20-17)7-14(22)9-24-8-13-5-3-4-6-15(13)19/h3-6,10,14,22H,7-9H2,1-2H3. The molecule has 0 spiro atoms. The maximum atomic E-state index is 13.5. The van der Waals surface area contributed by atoms with Crippen LogP contribution in [0.5, 0.6) is 0 Å². The van der Waals surface area contributed by atoms with E-state index in [1.165, 1.54) is 28.3 Å². The van der Waals surface area contributed by atoms with Crippen LogP contribution < -0.4 is 5.56 Å². The van der Waals surface area contributed by atoms with Gasteiger partial charge in [-0.2, -0.15) is 0 Å². The van der Waals surface area contributed by atoms with Gasteiger partial charge in [0.15, 0.2) is 0 Å². The predicted octanol–water partition coefficient (Wildman–Crippen LogP) is 2.79. The predicted molar refractivity (Wildman–Crippen MR) is 95.4 cm³/mol. The summed E-state index contributed by atoms with van der Waals surface area (Å²) in [5, 5.41) is 10.7. The minimum atomic E-state index is -0.885. The zero-order chi connectivity index (χ0) is 18.0. The van der Waals surface area contributed by atoms with Crippen molar-refractivity contribution in [2.75, 3.05) is 6.61 Å². The van der Waals surface area contributed by atoms with E-state index in [1.54, 1.807) is 18.2 Å². The second-order valence-electron chi connectivity index (χ2n) is 5.93. The molecule has 0 radical (unpaired) electrons. The van der Waals surface area contributed by atoms with E-state index in [0.29, 0.717) is 15.8 Å². The Bertz CT molecular complexity index is 951. The number of fused-ring (bicyclic) bond motifs is 1. The van der Waals surface area contributed by atoms with E-state index in [-0.39, 0.29) is 31.1 Å². The number of rotatable bonds is 6. The van der Waals surface area contributed by atoms with E-state index in [1.807, 2.05) is 13.8 Å². The second-order valence-corrected chi connectivity index (χ2v) is 7.13. The van der Waals surface area contributed by atoms with Crippen LogP contribution in [0.2, 0.25) is 0 Å². The summed E-state index contributed by atoms with van der Waals surface area (Å²) in [4.78, 5) is 18.6. The maximum absolute atomic E-state index is 13.5. The molecule has 0 aliphatic heterocycles. The van der Waals surface area contributed by atoms with E-state index in [9.17, 15) is 14.3 Å². The summed E-state index contributed by atoms with van der Waals surface area (Å²) in [6.07, 6.45) is 0.559. The first-order valence-electron chi connectivity index (χ1n) is 7.91. The fourth-order valence-corrected chi connectivity index (χ4v) is 3.59. The topological polar surface area (TPSA) is 64.3 Å². The van der Waals surface area contributed by atoms with Gasteiger partial charge in [-0.15, -0.1) is 11.3 Å². The number of benzene rings is 1. The Morgan fingerprint density at radius 1 is 1.36 bits per heavy atom. The van der Waals surface area contributed by atoms with Crippen molar-refractivity contribution in [3.8, 4) is 0 Å². The summed E-state index contributed by atoms with van der Waals surface area (Å²) < 4.78 is 20.3. The lowest BCUT2D eigenvalue weighted by molar-refractivity contribution is 0.0189. The molecular weight excluding hydrogens is 343 g/mol. The minimum Gasteiger partial charge on any atom is -0.389 e. The third-order valence-corrected chi connectivity index (χ3v) is 5.20. The highest BCUT2D eigenvalue weighted by atomic mass is 32.1. The van der Waals surface area contributed by atoms with Gasteiger partial charge < -0.3 is 9.84 Å². The number of aryl methyl sites for hydroxylation is 2. The van der Waals surface area contributed by atoms with Crippen molar-refractivity contribution in [3.63, 3.8) is 0 Å². The molecule has 0 bridgehead atoms. The van der Waals surface area contributed by atoms with Gasteiger partial charge in [0, 0.05) is 10.4 Å². The van der Waals surface area contributed by atoms with Crippen LogP contribution in [-0.4, -0.2) is 27.4 Å². The second kappa shape index (κ2) is 7.43. The molecule has 25 heavy (non-hydrogen) atoms. The Hall–Kier alpha value is -2.09. The number of aromatic nitrogens is 2. The van der Waals surface area contributed by atoms with Crippen molar-refractivity contribution in [2.45, 2.75) is 33.1 Å². The molecule has 132 valence electrons. The highest BCUT2D eigenvalue weighted by Gasteiger charge is 2.14. The first-order valence-corrected chi connectivity index (χ1v) is 8.73. The molecule has 0 saturated heterocycles. The average Bonchev–Trinajstić information content (AvgIpc) is 2.87. The molecule has 1 unspecified atom stereocenters. The van der Waals surface area contributed by atoms with Crippen LogP contribution in [-0.2, 0) is 17.9 Å². The van der Waals surface area contributed by atoms with Crippen LogP contribution >= 0.6 is 11.3 Å². The van der Waals surface area contributed by atoms with E-state index in [2.05, 4.69) is 4.98 Å². The highest BCUT2D eigenvalue weighted by molar-refractivity contribution is 7.18. The fourth-order valence-electron chi connectivity index (χ4n) is 2.60. The molecule has 0 amide bonds. The summed E-state index contributed by atoms with van der Waals surface area (Å²) in [5.74, 6) is -0.342. The van der Waals surface area contributed by atoms with Crippen LogP contribution in [0.3, 0.4) is 0 Å². The van der Waals surface area contributed by atoms with Gasteiger partial charge in [-0.25, -0.2) is 9.37 Å². The molecule has 2 heterocycles. The molecule has 5 nitrogen and oxygen atoms in total. The van der Waals surface area contributed by atoms with Crippen molar-refractivity contribution < 1.29 is 14.2 Å². The van der Waals surface area contributed by atoms with Gasteiger partial charge in [-0.05, 0) is 25.5 Å². The summed E-state index contributed by atoms with van der Waals surface area (Å²) >= 11 is 1.49. The number of thiophene rings is 1. The molecule has 1 N–H and O–H groups in total. The third-order valence-electron chi connectivity index (χ3n) is 4.09. The van der Waals surface area contributed by atoms with Crippen LogP contribution in [0, 0.1) is 19.7 Å². The summed E-state index contributed by atoms with van der Waals surface area (Å²) in [5.41, 5.74) is 1.19. The van der Waals surface area contributed by atoms with Crippen molar-refractivity contribution in [2.24, 2.45) is 0 Å². The lowest BCUT2D eigenvalue weighted by atomic mass is 10.2. The quantitative estimate of drug-likeness (QED) is 0.732. The Morgan fingerprint density at radius 3 is 2.88 bits per heavy atom. The Balaban J connectivity index is 1.65. The molecule has 7 heteroatoms. The van der Waals surface area contributed by atoms with Crippen molar-refractivity contribution in [1.29, 1.82) is 0 Å². The maximum Gasteiger partial charge on any atom is 0.262 e. The van der Waals surface area contributed by atoms with E-state index < -0.39 is 6.10 Å². The van der Waals surface area contributed by atoms with Crippen LogP contribution in [0.1, 0.15) is 16.0 Å². The Kier molecular flexibility index (Phi) is 5.27. The summed E-state index contributed by atoms with van der Waals surface area (Å²) in [6, 6.07) is 6.33. The normalized spacial score (nSPS) is 12.6. The van der Waals surface area contributed by atoms with Crippen LogP contribution in [0.4, 0.5) is 4.39 Å². The molecule has 0 saturated carbocycles. The largest absolute Gasteiger partial charge is 0.389 e.